The molecule has 0 saturated heterocycles. The van der Waals surface area contributed by atoms with E-state index in [1.165, 1.54) is 10.9 Å². The number of aryl methyl sites for hydroxylation is 1. The maximum absolute atomic E-state index is 11.3. The first kappa shape index (κ1) is 10.2. The first-order valence-electron chi connectivity index (χ1n) is 4.10. The third kappa shape index (κ3) is 1.90. The second-order valence-electron chi connectivity index (χ2n) is 2.51. The zero-order chi connectivity index (χ0) is 10.6. The lowest BCUT2D eigenvalue weighted by atomic mass is 10.3. The van der Waals surface area contributed by atoms with E-state index in [-0.39, 0.29) is 12.2 Å². The molecular formula is C8H11N3O3. The summed E-state index contributed by atoms with van der Waals surface area (Å²) >= 11 is 0. The Morgan fingerprint density at radius 2 is 2.50 bits per heavy atom. The van der Waals surface area contributed by atoms with Crippen molar-refractivity contribution < 1.29 is 14.3 Å². The van der Waals surface area contributed by atoms with Crippen molar-refractivity contribution in [2.24, 2.45) is 7.05 Å². The molecule has 0 radical (unpaired) electrons. The number of nitrogens with zero attached hydrogens (tertiary/aromatic N) is 2. The largest absolute Gasteiger partial charge is 0.462 e. The molecule has 0 fully saturated rings. The molecular weight excluding hydrogens is 186 g/mol. The average Bonchev–Trinajstić information content (AvgIpc) is 2.50. The van der Waals surface area contributed by atoms with E-state index in [4.69, 9.17) is 4.74 Å². The lowest BCUT2D eigenvalue weighted by molar-refractivity contribution is -0.105. The lowest BCUT2D eigenvalue weighted by Gasteiger charge is -2.03. The molecule has 6 nitrogen and oxygen atoms in total. The van der Waals surface area contributed by atoms with Crippen LogP contribution in [0.3, 0.4) is 0 Å². The maximum atomic E-state index is 11.3. The van der Waals surface area contributed by atoms with Gasteiger partial charge < -0.3 is 10.1 Å². The number of anilines is 1. The highest BCUT2D eigenvalue weighted by atomic mass is 16.5. The van der Waals surface area contributed by atoms with Crippen LogP contribution in [0.15, 0.2) is 6.20 Å². The molecule has 6 heteroatoms. The summed E-state index contributed by atoms with van der Waals surface area (Å²) in [5, 5.41) is 6.22. The number of aromatic nitrogens is 2. The van der Waals surface area contributed by atoms with Crippen molar-refractivity contribution in [2.45, 2.75) is 6.92 Å². The molecule has 1 aromatic heterocycles. The van der Waals surface area contributed by atoms with Crippen LogP contribution in [0.25, 0.3) is 0 Å². The van der Waals surface area contributed by atoms with E-state index in [9.17, 15) is 9.59 Å². The SMILES string of the molecule is CCOC(=O)c1cnn(C)c1NC=O. The smallest absolute Gasteiger partial charge is 0.343 e. The maximum Gasteiger partial charge on any atom is 0.343 e. The van der Waals surface area contributed by atoms with Crippen molar-refractivity contribution >= 4 is 18.2 Å². The molecule has 0 spiro atoms. The predicted molar refractivity (Wildman–Crippen MR) is 48.9 cm³/mol. The van der Waals surface area contributed by atoms with Crippen LogP contribution in [0, 0.1) is 0 Å². The number of hydrogen-bond acceptors (Lipinski definition) is 4. The number of carbonyl (C=O) groups is 2. The van der Waals surface area contributed by atoms with Crippen molar-refractivity contribution in [3.05, 3.63) is 11.8 Å². The van der Waals surface area contributed by atoms with Crippen LogP contribution in [0.1, 0.15) is 17.3 Å². The topological polar surface area (TPSA) is 73.2 Å². The van der Waals surface area contributed by atoms with Gasteiger partial charge in [0.2, 0.25) is 6.41 Å². The third-order valence-corrected chi connectivity index (χ3v) is 1.63. The molecule has 1 rings (SSSR count). The number of rotatable bonds is 4. The van der Waals surface area contributed by atoms with E-state index < -0.39 is 5.97 Å². The van der Waals surface area contributed by atoms with Gasteiger partial charge in [-0.15, -0.1) is 0 Å². The Morgan fingerprint density at radius 1 is 1.79 bits per heavy atom. The number of amides is 1. The predicted octanol–water partition coefficient (Wildman–Crippen LogP) is 0.165. The van der Waals surface area contributed by atoms with Gasteiger partial charge in [0, 0.05) is 7.05 Å². The molecule has 0 aliphatic rings. The average molecular weight is 197 g/mol. The highest BCUT2D eigenvalue weighted by molar-refractivity contribution is 5.96. The second kappa shape index (κ2) is 4.40. The summed E-state index contributed by atoms with van der Waals surface area (Å²) in [5.41, 5.74) is 0.251. The molecule has 1 amide bonds. The van der Waals surface area contributed by atoms with E-state index >= 15 is 0 Å². The Kier molecular flexibility index (Phi) is 3.22. The van der Waals surface area contributed by atoms with Crippen molar-refractivity contribution in [1.82, 2.24) is 9.78 Å². The molecule has 76 valence electrons. The normalized spacial score (nSPS) is 9.57. The van der Waals surface area contributed by atoms with Crippen LogP contribution in [0.5, 0.6) is 0 Å². The van der Waals surface area contributed by atoms with Crippen molar-refractivity contribution in [2.75, 3.05) is 11.9 Å². The number of ether oxygens (including phenoxy) is 1. The van der Waals surface area contributed by atoms with Gasteiger partial charge in [0.25, 0.3) is 0 Å². The minimum Gasteiger partial charge on any atom is -0.462 e. The minimum atomic E-state index is -0.495. The highest BCUT2D eigenvalue weighted by Gasteiger charge is 2.16. The van der Waals surface area contributed by atoms with Crippen LogP contribution in [0.4, 0.5) is 5.82 Å². The van der Waals surface area contributed by atoms with Crippen LogP contribution in [-0.4, -0.2) is 28.8 Å². The van der Waals surface area contributed by atoms with Gasteiger partial charge in [0.15, 0.2) is 0 Å². The Bertz CT molecular complexity index is 346. The number of nitrogens with one attached hydrogen (secondary N) is 1. The number of hydrogen-bond donors (Lipinski definition) is 1. The van der Waals surface area contributed by atoms with E-state index in [0.29, 0.717) is 12.2 Å². The van der Waals surface area contributed by atoms with Gasteiger partial charge in [-0.05, 0) is 6.92 Å². The summed E-state index contributed by atoms with van der Waals surface area (Å²) in [7, 11) is 1.62. The summed E-state index contributed by atoms with van der Waals surface area (Å²) in [6, 6.07) is 0. The van der Waals surface area contributed by atoms with Crippen molar-refractivity contribution in [3.8, 4) is 0 Å². The molecule has 1 heterocycles. The summed E-state index contributed by atoms with van der Waals surface area (Å²) in [6.45, 7) is 2.00. The molecule has 0 saturated carbocycles. The molecule has 0 aromatic carbocycles. The monoisotopic (exact) mass is 197 g/mol. The van der Waals surface area contributed by atoms with E-state index in [1.54, 1.807) is 14.0 Å². The summed E-state index contributed by atoms with van der Waals surface area (Å²) in [6.07, 6.45) is 1.84. The molecule has 0 aliphatic heterocycles. The lowest BCUT2D eigenvalue weighted by Crippen LogP contribution is -2.09. The van der Waals surface area contributed by atoms with Gasteiger partial charge in [-0.25, -0.2) is 4.79 Å². The van der Waals surface area contributed by atoms with Gasteiger partial charge in [-0.1, -0.05) is 0 Å². The fourth-order valence-electron chi connectivity index (χ4n) is 1.02. The van der Waals surface area contributed by atoms with Gasteiger partial charge in [-0.3, -0.25) is 9.48 Å². The highest BCUT2D eigenvalue weighted by Crippen LogP contribution is 2.14. The van der Waals surface area contributed by atoms with Crippen LogP contribution >= 0.6 is 0 Å². The van der Waals surface area contributed by atoms with E-state index in [0.717, 1.165) is 0 Å². The molecule has 0 unspecified atom stereocenters. The Hall–Kier alpha value is -1.85. The summed E-state index contributed by atoms with van der Waals surface area (Å²) < 4.78 is 6.17. The standard InChI is InChI=1S/C8H11N3O3/c1-3-14-8(13)6-4-10-11(2)7(6)9-5-12/h4-5H,3H2,1-2H3,(H,9,12). The van der Waals surface area contributed by atoms with E-state index in [2.05, 4.69) is 10.4 Å². The quantitative estimate of drug-likeness (QED) is 0.551. The zero-order valence-corrected chi connectivity index (χ0v) is 7.98. The molecule has 0 bridgehead atoms. The molecule has 0 aliphatic carbocycles. The Balaban J connectivity index is 2.95. The summed E-state index contributed by atoms with van der Waals surface area (Å²) in [5.74, 6) is -0.164. The fraction of sp³-hybridized carbons (Fsp3) is 0.375. The van der Waals surface area contributed by atoms with Gasteiger partial charge in [0.05, 0.1) is 12.8 Å². The van der Waals surface area contributed by atoms with Crippen LogP contribution in [0.2, 0.25) is 0 Å². The summed E-state index contributed by atoms with van der Waals surface area (Å²) in [4.78, 5) is 21.6. The molecule has 0 atom stereocenters. The molecule has 1 aromatic rings. The van der Waals surface area contributed by atoms with Crippen molar-refractivity contribution in [3.63, 3.8) is 0 Å². The van der Waals surface area contributed by atoms with Crippen LogP contribution < -0.4 is 5.32 Å². The first-order chi connectivity index (χ1) is 6.70. The zero-order valence-electron chi connectivity index (χ0n) is 7.98. The Morgan fingerprint density at radius 3 is 3.07 bits per heavy atom. The van der Waals surface area contributed by atoms with E-state index in [1.807, 2.05) is 0 Å². The van der Waals surface area contributed by atoms with Crippen molar-refractivity contribution in [1.29, 1.82) is 0 Å². The number of carbonyl (C=O) groups excluding carboxylic acids is 2. The molecule has 1 N–H and O–H groups in total. The van der Waals surface area contributed by atoms with Gasteiger partial charge in [0.1, 0.15) is 11.4 Å². The fourth-order valence-corrected chi connectivity index (χ4v) is 1.02. The van der Waals surface area contributed by atoms with Crippen LogP contribution in [-0.2, 0) is 16.6 Å². The number of esters is 1. The van der Waals surface area contributed by atoms with Gasteiger partial charge >= 0.3 is 5.97 Å². The first-order valence-corrected chi connectivity index (χ1v) is 4.10. The van der Waals surface area contributed by atoms with Gasteiger partial charge in [-0.2, -0.15) is 5.10 Å². The second-order valence-corrected chi connectivity index (χ2v) is 2.51. The third-order valence-electron chi connectivity index (χ3n) is 1.63. The Labute approximate surface area is 80.8 Å². The minimum absolute atomic E-state index is 0.251. The molecule has 14 heavy (non-hydrogen) atoms.